The number of aromatic amines is 1. The molecule has 2 aromatic heterocycles. The van der Waals surface area contributed by atoms with Gasteiger partial charge in [-0.25, -0.2) is 0 Å². The highest BCUT2D eigenvalue weighted by Crippen LogP contribution is 2.35. The molecule has 128 valence electrons. The number of fused-ring (bicyclic) bond motifs is 2. The van der Waals surface area contributed by atoms with E-state index in [1.807, 2.05) is 6.07 Å². The van der Waals surface area contributed by atoms with Gasteiger partial charge in [-0.05, 0) is 18.2 Å². The van der Waals surface area contributed by atoms with Gasteiger partial charge in [-0.3, -0.25) is 14.9 Å². The number of ether oxygens (including phenoxy) is 1. The number of H-pyrrole nitrogens is 1. The zero-order valence-electron chi connectivity index (χ0n) is 13.5. The number of nitrogens with zero attached hydrogens (tertiary/aromatic N) is 2. The molecule has 0 aliphatic carbocycles. The van der Waals surface area contributed by atoms with Crippen molar-refractivity contribution >= 4 is 34.2 Å². The summed E-state index contributed by atoms with van der Waals surface area (Å²) in [6.07, 6.45) is 2.49. The quantitative estimate of drug-likeness (QED) is 0.670. The van der Waals surface area contributed by atoms with Crippen LogP contribution in [0.5, 0.6) is 5.75 Å². The van der Waals surface area contributed by atoms with Crippen LogP contribution in [0.2, 0.25) is 5.02 Å². The van der Waals surface area contributed by atoms with Crippen molar-refractivity contribution in [3.05, 3.63) is 46.2 Å². The number of rotatable bonds is 3. The van der Waals surface area contributed by atoms with Gasteiger partial charge in [0.2, 0.25) is 0 Å². The SMILES string of the molecule is COc1c(Cl)cc(C(=O)Nc2n[nH]c3c2CNCC3)c2ncccc12. The fourth-order valence-corrected chi connectivity index (χ4v) is 3.36. The van der Waals surface area contributed by atoms with E-state index in [2.05, 4.69) is 25.8 Å². The lowest BCUT2D eigenvalue weighted by Gasteiger charge is -2.14. The fourth-order valence-electron chi connectivity index (χ4n) is 3.08. The molecule has 1 aliphatic rings. The first kappa shape index (κ1) is 15.9. The summed E-state index contributed by atoms with van der Waals surface area (Å²) in [6.45, 7) is 1.56. The third kappa shape index (κ3) is 2.71. The predicted octanol–water partition coefficient (Wildman–Crippen LogP) is 2.52. The first-order valence-corrected chi connectivity index (χ1v) is 8.26. The molecule has 0 spiro atoms. The molecule has 0 saturated carbocycles. The molecule has 0 fully saturated rings. The third-order valence-electron chi connectivity index (χ3n) is 4.28. The van der Waals surface area contributed by atoms with Gasteiger partial charge < -0.3 is 15.4 Å². The number of pyridine rings is 1. The second kappa shape index (κ2) is 6.34. The van der Waals surface area contributed by atoms with Crippen LogP contribution in [-0.4, -0.2) is 34.7 Å². The van der Waals surface area contributed by atoms with Crippen LogP contribution < -0.4 is 15.4 Å². The van der Waals surface area contributed by atoms with Crippen molar-refractivity contribution in [1.82, 2.24) is 20.5 Å². The van der Waals surface area contributed by atoms with E-state index < -0.39 is 0 Å². The number of carbonyl (C=O) groups is 1. The van der Waals surface area contributed by atoms with Gasteiger partial charge in [-0.1, -0.05) is 11.6 Å². The average Bonchev–Trinajstić information content (AvgIpc) is 3.04. The van der Waals surface area contributed by atoms with Gasteiger partial charge in [0.1, 0.15) is 5.75 Å². The molecule has 1 aliphatic heterocycles. The van der Waals surface area contributed by atoms with Crippen LogP contribution in [0.25, 0.3) is 10.9 Å². The van der Waals surface area contributed by atoms with Crippen molar-refractivity contribution < 1.29 is 9.53 Å². The van der Waals surface area contributed by atoms with E-state index >= 15 is 0 Å². The molecule has 1 amide bonds. The van der Waals surface area contributed by atoms with Crippen LogP contribution in [-0.2, 0) is 13.0 Å². The molecule has 0 atom stereocenters. The lowest BCUT2D eigenvalue weighted by atomic mass is 10.1. The Morgan fingerprint density at radius 2 is 2.32 bits per heavy atom. The van der Waals surface area contributed by atoms with Crippen molar-refractivity contribution in [2.24, 2.45) is 0 Å². The maximum absolute atomic E-state index is 12.8. The molecular formula is C17H16ClN5O2. The van der Waals surface area contributed by atoms with Crippen LogP contribution in [0, 0.1) is 0 Å². The number of methoxy groups -OCH3 is 1. The molecular weight excluding hydrogens is 342 g/mol. The standard InChI is InChI=1S/C17H16ClN5O2/c1-25-15-9-3-2-5-20-14(9)10(7-12(15)18)17(24)21-16-11-8-19-6-4-13(11)22-23-16/h2-3,5,7,19H,4,6,8H2,1H3,(H2,21,22,23,24). The van der Waals surface area contributed by atoms with Crippen molar-refractivity contribution in [3.63, 3.8) is 0 Å². The minimum absolute atomic E-state index is 0.312. The monoisotopic (exact) mass is 357 g/mol. The van der Waals surface area contributed by atoms with E-state index in [4.69, 9.17) is 16.3 Å². The fraction of sp³-hybridized carbons (Fsp3) is 0.235. The summed E-state index contributed by atoms with van der Waals surface area (Å²) < 4.78 is 5.34. The Morgan fingerprint density at radius 1 is 1.44 bits per heavy atom. The van der Waals surface area contributed by atoms with Gasteiger partial charge in [0.25, 0.3) is 5.91 Å². The molecule has 0 radical (unpaired) electrons. The highest BCUT2D eigenvalue weighted by atomic mass is 35.5. The second-order valence-electron chi connectivity index (χ2n) is 5.75. The van der Waals surface area contributed by atoms with E-state index in [0.29, 0.717) is 39.6 Å². The number of nitrogens with one attached hydrogen (secondary N) is 3. The number of hydrogen-bond donors (Lipinski definition) is 3. The summed E-state index contributed by atoms with van der Waals surface area (Å²) in [5, 5.41) is 14.4. The number of amides is 1. The minimum Gasteiger partial charge on any atom is -0.494 e. The maximum Gasteiger partial charge on any atom is 0.259 e. The van der Waals surface area contributed by atoms with Crippen LogP contribution >= 0.6 is 11.6 Å². The smallest absolute Gasteiger partial charge is 0.259 e. The van der Waals surface area contributed by atoms with Crippen LogP contribution in [0.4, 0.5) is 5.82 Å². The Balaban J connectivity index is 1.75. The van der Waals surface area contributed by atoms with E-state index in [1.54, 1.807) is 18.3 Å². The normalized spacial score (nSPS) is 13.5. The van der Waals surface area contributed by atoms with Crippen molar-refractivity contribution in [2.75, 3.05) is 19.0 Å². The van der Waals surface area contributed by atoms with E-state index in [9.17, 15) is 4.79 Å². The van der Waals surface area contributed by atoms with Crippen molar-refractivity contribution in [1.29, 1.82) is 0 Å². The van der Waals surface area contributed by atoms with Gasteiger partial charge in [0, 0.05) is 42.4 Å². The zero-order chi connectivity index (χ0) is 17.4. The molecule has 1 aromatic carbocycles. The molecule has 3 N–H and O–H groups in total. The lowest BCUT2D eigenvalue weighted by Crippen LogP contribution is -2.24. The maximum atomic E-state index is 12.8. The average molecular weight is 358 g/mol. The second-order valence-corrected chi connectivity index (χ2v) is 6.16. The summed E-state index contributed by atoms with van der Waals surface area (Å²) in [5.74, 6) is 0.721. The largest absolute Gasteiger partial charge is 0.494 e. The molecule has 3 heterocycles. The van der Waals surface area contributed by atoms with Gasteiger partial charge in [-0.2, -0.15) is 5.10 Å². The molecule has 0 bridgehead atoms. The third-order valence-corrected chi connectivity index (χ3v) is 4.56. The number of benzene rings is 1. The van der Waals surface area contributed by atoms with E-state index in [1.165, 1.54) is 7.11 Å². The highest BCUT2D eigenvalue weighted by molar-refractivity contribution is 6.34. The highest BCUT2D eigenvalue weighted by Gasteiger charge is 2.21. The molecule has 4 rings (SSSR count). The first-order valence-electron chi connectivity index (χ1n) is 7.88. The number of aromatic nitrogens is 3. The Bertz CT molecular complexity index is 969. The van der Waals surface area contributed by atoms with Crippen molar-refractivity contribution in [3.8, 4) is 5.75 Å². The summed E-state index contributed by atoms with van der Waals surface area (Å²) in [7, 11) is 1.54. The number of anilines is 1. The summed E-state index contributed by atoms with van der Waals surface area (Å²) in [4.78, 5) is 17.2. The Morgan fingerprint density at radius 3 is 3.16 bits per heavy atom. The Kier molecular flexibility index (Phi) is 4.03. The minimum atomic E-state index is -0.312. The van der Waals surface area contributed by atoms with E-state index in [0.717, 1.165) is 24.2 Å². The van der Waals surface area contributed by atoms with Gasteiger partial charge >= 0.3 is 0 Å². The molecule has 25 heavy (non-hydrogen) atoms. The predicted molar refractivity (Wildman–Crippen MR) is 95.3 cm³/mol. The van der Waals surface area contributed by atoms with Gasteiger partial charge in [0.15, 0.2) is 5.82 Å². The molecule has 3 aromatic rings. The summed E-state index contributed by atoms with van der Waals surface area (Å²) in [6, 6.07) is 5.17. The van der Waals surface area contributed by atoms with Gasteiger partial charge in [0.05, 0.1) is 23.2 Å². The molecule has 0 unspecified atom stereocenters. The first-order chi connectivity index (χ1) is 12.2. The Hall–Kier alpha value is -2.64. The number of carbonyl (C=O) groups excluding carboxylic acids is 1. The summed E-state index contributed by atoms with van der Waals surface area (Å²) >= 11 is 6.29. The van der Waals surface area contributed by atoms with Crippen LogP contribution in [0.1, 0.15) is 21.6 Å². The molecule has 7 nitrogen and oxygen atoms in total. The number of halogens is 1. The van der Waals surface area contributed by atoms with Crippen LogP contribution in [0.15, 0.2) is 24.4 Å². The van der Waals surface area contributed by atoms with Crippen LogP contribution in [0.3, 0.4) is 0 Å². The zero-order valence-corrected chi connectivity index (χ0v) is 14.3. The molecule has 0 saturated heterocycles. The Labute approximate surface area is 148 Å². The lowest BCUT2D eigenvalue weighted by molar-refractivity contribution is 0.102. The number of hydrogen-bond acceptors (Lipinski definition) is 5. The van der Waals surface area contributed by atoms with Gasteiger partial charge in [-0.15, -0.1) is 0 Å². The summed E-state index contributed by atoms with van der Waals surface area (Å²) in [5.41, 5.74) is 2.94. The van der Waals surface area contributed by atoms with Crippen molar-refractivity contribution in [2.45, 2.75) is 13.0 Å². The topological polar surface area (TPSA) is 91.9 Å². The molecule has 8 heteroatoms. The van der Waals surface area contributed by atoms with E-state index in [-0.39, 0.29) is 5.91 Å².